The van der Waals surface area contributed by atoms with Crippen LogP contribution in [-0.4, -0.2) is 24.4 Å². The van der Waals surface area contributed by atoms with Crippen molar-refractivity contribution in [2.24, 2.45) is 0 Å². The number of carbonyl (C=O) groups excluding carboxylic acids is 1. The summed E-state index contributed by atoms with van der Waals surface area (Å²) >= 11 is 6.07. The minimum Gasteiger partial charge on any atom is -0.324 e. The molecule has 0 aliphatic rings. The van der Waals surface area contributed by atoms with Gasteiger partial charge in [-0.2, -0.15) is 0 Å². The van der Waals surface area contributed by atoms with Gasteiger partial charge in [0.25, 0.3) is 0 Å². The second kappa shape index (κ2) is 8.65. The quantitative estimate of drug-likeness (QED) is 0.661. The Hall–Kier alpha value is -2.62. The molecule has 0 aliphatic heterocycles. The smallest absolute Gasteiger partial charge is 0.238 e. The minimum atomic E-state index is -0.0819. The molecule has 3 aromatic carbocycles. The molecule has 4 heteroatoms. The Morgan fingerprint density at radius 2 is 1.50 bits per heavy atom. The first-order valence-corrected chi connectivity index (χ1v) is 8.87. The fourth-order valence-corrected chi connectivity index (χ4v) is 2.98. The van der Waals surface area contributed by atoms with E-state index >= 15 is 0 Å². The maximum Gasteiger partial charge on any atom is 0.238 e. The first kappa shape index (κ1) is 18.2. The minimum absolute atomic E-state index is 0.0819. The van der Waals surface area contributed by atoms with Gasteiger partial charge in [0.05, 0.1) is 17.3 Å². The molecular weight excluding hydrogens is 344 g/mol. The topological polar surface area (TPSA) is 32.3 Å². The predicted octanol–water partition coefficient (Wildman–Crippen LogP) is 5.08. The number of hydrogen-bond donors (Lipinski definition) is 1. The monoisotopic (exact) mass is 364 g/mol. The molecule has 0 spiro atoms. The molecule has 0 aliphatic carbocycles. The molecule has 0 fully saturated rings. The molecule has 3 rings (SSSR count). The van der Waals surface area contributed by atoms with Gasteiger partial charge < -0.3 is 5.32 Å². The zero-order valence-corrected chi connectivity index (χ0v) is 15.4. The van der Waals surface area contributed by atoms with E-state index < -0.39 is 0 Å². The van der Waals surface area contributed by atoms with Crippen molar-refractivity contribution < 1.29 is 4.79 Å². The lowest BCUT2D eigenvalue weighted by Gasteiger charge is -2.17. The summed E-state index contributed by atoms with van der Waals surface area (Å²) in [6.45, 7) is 0.997. The van der Waals surface area contributed by atoms with Crippen LogP contribution in [0.2, 0.25) is 5.02 Å². The zero-order chi connectivity index (χ0) is 18.4. The van der Waals surface area contributed by atoms with Gasteiger partial charge in [-0.25, -0.2) is 0 Å². The van der Waals surface area contributed by atoms with Gasteiger partial charge in [0.15, 0.2) is 0 Å². The van der Waals surface area contributed by atoms with E-state index in [1.807, 2.05) is 42.3 Å². The van der Waals surface area contributed by atoms with Gasteiger partial charge in [-0.3, -0.25) is 9.69 Å². The highest BCUT2D eigenvalue weighted by Gasteiger charge is 2.09. The van der Waals surface area contributed by atoms with Gasteiger partial charge in [-0.1, -0.05) is 78.3 Å². The van der Waals surface area contributed by atoms with E-state index in [4.69, 9.17) is 11.6 Å². The van der Waals surface area contributed by atoms with Crippen molar-refractivity contribution in [3.8, 4) is 11.1 Å². The average Bonchev–Trinajstić information content (AvgIpc) is 2.65. The number of halogens is 1. The molecule has 0 radical (unpaired) electrons. The van der Waals surface area contributed by atoms with E-state index in [1.165, 1.54) is 11.1 Å². The van der Waals surface area contributed by atoms with Crippen LogP contribution in [0.15, 0.2) is 78.9 Å². The van der Waals surface area contributed by atoms with E-state index in [0.717, 1.165) is 5.56 Å². The van der Waals surface area contributed by atoms with Crippen LogP contribution in [0.4, 0.5) is 5.69 Å². The molecule has 0 atom stereocenters. The van der Waals surface area contributed by atoms with E-state index in [9.17, 15) is 4.79 Å². The Labute approximate surface area is 159 Å². The van der Waals surface area contributed by atoms with Crippen LogP contribution in [0, 0.1) is 0 Å². The zero-order valence-electron chi connectivity index (χ0n) is 14.7. The van der Waals surface area contributed by atoms with E-state index in [2.05, 4.69) is 41.7 Å². The number of hydrogen-bond acceptors (Lipinski definition) is 2. The van der Waals surface area contributed by atoms with E-state index in [1.54, 1.807) is 12.1 Å². The maximum absolute atomic E-state index is 12.2. The molecule has 26 heavy (non-hydrogen) atoms. The third-order valence-corrected chi connectivity index (χ3v) is 4.40. The van der Waals surface area contributed by atoms with Crippen molar-refractivity contribution in [1.29, 1.82) is 0 Å². The van der Waals surface area contributed by atoms with E-state index in [0.29, 0.717) is 23.8 Å². The summed E-state index contributed by atoms with van der Waals surface area (Å²) in [5.41, 5.74) is 4.19. The lowest BCUT2D eigenvalue weighted by molar-refractivity contribution is -0.117. The lowest BCUT2D eigenvalue weighted by atomic mass is 10.0. The average molecular weight is 365 g/mol. The van der Waals surface area contributed by atoms with Crippen LogP contribution in [0.5, 0.6) is 0 Å². The normalized spacial score (nSPS) is 10.7. The number of benzene rings is 3. The molecular formula is C22H21ClN2O. The highest BCUT2D eigenvalue weighted by atomic mass is 35.5. The van der Waals surface area contributed by atoms with Crippen LogP contribution in [-0.2, 0) is 11.3 Å². The SMILES string of the molecule is CN(CC(=O)Nc1ccccc1Cl)Cc1ccc(-c2ccccc2)cc1. The molecule has 0 saturated heterocycles. The van der Waals surface area contributed by atoms with Crippen molar-refractivity contribution >= 4 is 23.2 Å². The summed E-state index contributed by atoms with van der Waals surface area (Å²) < 4.78 is 0. The van der Waals surface area contributed by atoms with Crippen LogP contribution in [0.3, 0.4) is 0 Å². The van der Waals surface area contributed by atoms with Gasteiger partial charge in [0.1, 0.15) is 0 Å². The van der Waals surface area contributed by atoms with Gasteiger partial charge in [-0.05, 0) is 35.9 Å². The molecule has 0 aromatic heterocycles. The van der Waals surface area contributed by atoms with Crippen molar-refractivity contribution in [2.75, 3.05) is 18.9 Å². The van der Waals surface area contributed by atoms with Crippen LogP contribution in [0.25, 0.3) is 11.1 Å². The molecule has 3 nitrogen and oxygen atoms in total. The molecule has 3 aromatic rings. The summed E-state index contributed by atoms with van der Waals surface area (Å²) in [6.07, 6.45) is 0. The Balaban J connectivity index is 1.55. The fourth-order valence-electron chi connectivity index (χ4n) is 2.80. The second-order valence-electron chi connectivity index (χ2n) is 6.26. The van der Waals surface area contributed by atoms with Crippen LogP contribution in [0.1, 0.15) is 5.56 Å². The molecule has 0 bridgehead atoms. The Morgan fingerprint density at radius 1 is 0.885 bits per heavy atom. The first-order chi connectivity index (χ1) is 12.6. The largest absolute Gasteiger partial charge is 0.324 e. The highest BCUT2D eigenvalue weighted by Crippen LogP contribution is 2.21. The molecule has 0 heterocycles. The van der Waals surface area contributed by atoms with Gasteiger partial charge in [0.2, 0.25) is 5.91 Å². The standard InChI is InChI=1S/C22H21ClN2O/c1-25(16-22(26)24-21-10-6-5-9-20(21)23)15-17-11-13-19(14-12-17)18-7-3-2-4-8-18/h2-14H,15-16H2,1H3,(H,24,26). The summed E-state index contributed by atoms with van der Waals surface area (Å²) in [7, 11) is 1.93. The Morgan fingerprint density at radius 3 is 2.19 bits per heavy atom. The van der Waals surface area contributed by atoms with Gasteiger partial charge in [-0.15, -0.1) is 0 Å². The van der Waals surface area contributed by atoms with Gasteiger partial charge in [0, 0.05) is 6.54 Å². The molecule has 1 amide bonds. The maximum atomic E-state index is 12.2. The number of amides is 1. The second-order valence-corrected chi connectivity index (χ2v) is 6.67. The highest BCUT2D eigenvalue weighted by molar-refractivity contribution is 6.33. The molecule has 0 unspecified atom stereocenters. The van der Waals surface area contributed by atoms with Crippen molar-refractivity contribution in [2.45, 2.75) is 6.54 Å². The number of rotatable bonds is 6. The molecule has 1 N–H and O–H groups in total. The Bertz CT molecular complexity index is 863. The predicted molar refractivity (Wildman–Crippen MR) is 108 cm³/mol. The Kier molecular flexibility index (Phi) is 6.05. The first-order valence-electron chi connectivity index (χ1n) is 8.49. The third kappa shape index (κ3) is 4.94. The van der Waals surface area contributed by atoms with E-state index in [-0.39, 0.29) is 5.91 Å². The fraction of sp³-hybridized carbons (Fsp3) is 0.136. The van der Waals surface area contributed by atoms with Crippen molar-refractivity contribution in [3.05, 3.63) is 89.4 Å². The number of nitrogens with zero attached hydrogens (tertiary/aromatic N) is 1. The van der Waals surface area contributed by atoms with Crippen molar-refractivity contribution in [3.63, 3.8) is 0 Å². The number of carbonyl (C=O) groups is 1. The summed E-state index contributed by atoms with van der Waals surface area (Å²) in [4.78, 5) is 14.2. The molecule has 0 saturated carbocycles. The van der Waals surface area contributed by atoms with Gasteiger partial charge >= 0.3 is 0 Å². The van der Waals surface area contributed by atoms with Crippen molar-refractivity contribution in [1.82, 2.24) is 4.90 Å². The van der Waals surface area contributed by atoms with Crippen LogP contribution >= 0.6 is 11.6 Å². The number of nitrogens with one attached hydrogen (secondary N) is 1. The summed E-state index contributed by atoms with van der Waals surface area (Å²) in [5, 5.41) is 3.39. The number of anilines is 1. The van der Waals surface area contributed by atoms with Crippen LogP contribution < -0.4 is 5.32 Å². The molecule has 132 valence electrons. The summed E-state index contributed by atoms with van der Waals surface area (Å²) in [6, 6.07) is 25.9. The number of likely N-dealkylation sites (N-methyl/N-ethyl adjacent to an activating group) is 1. The number of para-hydroxylation sites is 1. The third-order valence-electron chi connectivity index (χ3n) is 4.08. The lowest BCUT2D eigenvalue weighted by Crippen LogP contribution is -2.29. The summed E-state index contributed by atoms with van der Waals surface area (Å²) in [5.74, 6) is -0.0819.